The minimum absolute atomic E-state index is 0.0167. The Morgan fingerprint density at radius 1 is 1.12 bits per heavy atom. The second kappa shape index (κ2) is 6.59. The fourth-order valence-electron chi connectivity index (χ4n) is 1.17. The van der Waals surface area contributed by atoms with Gasteiger partial charge in [-0.15, -0.1) is 0 Å². The van der Waals surface area contributed by atoms with E-state index in [0.717, 1.165) is 0 Å². The highest BCUT2D eigenvalue weighted by Crippen LogP contribution is 2.10. The van der Waals surface area contributed by atoms with Crippen LogP contribution in [0.4, 0.5) is 0 Å². The van der Waals surface area contributed by atoms with Crippen LogP contribution in [0.25, 0.3) is 0 Å². The molecule has 0 spiro atoms. The Bertz CT molecular complexity index is 265. The van der Waals surface area contributed by atoms with Crippen LogP contribution in [0, 0.1) is 0 Å². The molecule has 0 unspecified atom stereocenters. The van der Waals surface area contributed by atoms with E-state index in [1.165, 1.54) is 6.92 Å². The van der Waals surface area contributed by atoms with Gasteiger partial charge >= 0.3 is 11.9 Å². The number of ether oxygens (including phenoxy) is 2. The predicted molar refractivity (Wildman–Crippen MR) is 62.3 cm³/mol. The first kappa shape index (κ1) is 15.9. The molecule has 0 aromatic carbocycles. The van der Waals surface area contributed by atoms with Crippen LogP contribution in [0.1, 0.15) is 47.5 Å². The summed E-state index contributed by atoms with van der Waals surface area (Å²) in [5.74, 6) is -0.925. The first-order valence-electron chi connectivity index (χ1n) is 5.69. The summed E-state index contributed by atoms with van der Waals surface area (Å²) in [4.78, 5) is 22.6. The van der Waals surface area contributed by atoms with E-state index >= 15 is 0 Å². The Hall–Kier alpha value is -1.10. The molecule has 0 heterocycles. The van der Waals surface area contributed by atoms with Crippen LogP contribution >= 0.6 is 0 Å². The van der Waals surface area contributed by atoms with E-state index in [9.17, 15) is 9.59 Å². The van der Waals surface area contributed by atoms with Crippen LogP contribution in [0.5, 0.6) is 0 Å². The van der Waals surface area contributed by atoms with Crippen molar-refractivity contribution in [3.05, 3.63) is 0 Å². The molecule has 0 rings (SSSR count). The standard InChI is InChI=1S/C12H22O5/c1-8(13)6-10(14)16-9(2)7-11(15)17-12(3,4)5/h8-9,13H,6-7H2,1-5H3/t8-,9-/m0/s1. The highest BCUT2D eigenvalue weighted by molar-refractivity contribution is 5.73. The zero-order chi connectivity index (χ0) is 13.6. The molecule has 0 aliphatic carbocycles. The van der Waals surface area contributed by atoms with Crippen molar-refractivity contribution in [3.8, 4) is 0 Å². The topological polar surface area (TPSA) is 72.8 Å². The first-order valence-corrected chi connectivity index (χ1v) is 5.69. The van der Waals surface area contributed by atoms with Crippen molar-refractivity contribution in [2.75, 3.05) is 0 Å². The molecule has 17 heavy (non-hydrogen) atoms. The molecule has 0 aromatic rings. The summed E-state index contributed by atoms with van der Waals surface area (Å²) in [6.07, 6.45) is -1.34. The number of esters is 2. The maximum Gasteiger partial charge on any atom is 0.310 e. The third-order valence-corrected chi connectivity index (χ3v) is 1.67. The Kier molecular flexibility index (Phi) is 6.16. The lowest BCUT2D eigenvalue weighted by Crippen LogP contribution is -2.27. The average molecular weight is 246 g/mol. The van der Waals surface area contributed by atoms with Gasteiger partial charge in [-0.2, -0.15) is 0 Å². The van der Waals surface area contributed by atoms with Crippen LogP contribution in [0.3, 0.4) is 0 Å². The molecule has 5 heteroatoms. The lowest BCUT2D eigenvalue weighted by molar-refractivity contribution is -0.161. The van der Waals surface area contributed by atoms with Crippen LogP contribution in [-0.2, 0) is 19.1 Å². The van der Waals surface area contributed by atoms with Crippen molar-refractivity contribution in [3.63, 3.8) is 0 Å². The van der Waals surface area contributed by atoms with Gasteiger partial charge in [0.05, 0.1) is 18.9 Å². The molecule has 2 atom stereocenters. The summed E-state index contributed by atoms with van der Waals surface area (Å²) in [5, 5.41) is 8.98. The first-order chi connectivity index (χ1) is 7.60. The number of aliphatic hydroxyl groups is 1. The molecule has 100 valence electrons. The van der Waals surface area contributed by atoms with Gasteiger partial charge in [0.2, 0.25) is 0 Å². The molecular formula is C12H22O5. The summed E-state index contributed by atoms with van der Waals surface area (Å²) >= 11 is 0. The monoisotopic (exact) mass is 246 g/mol. The molecule has 0 bridgehead atoms. The minimum Gasteiger partial charge on any atom is -0.462 e. The Labute approximate surface area is 102 Å². The molecule has 1 N–H and O–H groups in total. The Morgan fingerprint density at radius 3 is 2.06 bits per heavy atom. The third kappa shape index (κ3) is 9.81. The lowest BCUT2D eigenvalue weighted by atomic mass is 10.2. The van der Waals surface area contributed by atoms with Gasteiger partial charge in [0.1, 0.15) is 11.7 Å². The van der Waals surface area contributed by atoms with E-state index in [-0.39, 0.29) is 12.8 Å². The van der Waals surface area contributed by atoms with Crippen molar-refractivity contribution >= 4 is 11.9 Å². The number of hydrogen-bond donors (Lipinski definition) is 1. The van der Waals surface area contributed by atoms with Crippen LogP contribution in [0.2, 0.25) is 0 Å². The second-order valence-corrected chi connectivity index (χ2v) is 5.14. The molecule has 0 saturated heterocycles. The zero-order valence-corrected chi connectivity index (χ0v) is 11.1. The predicted octanol–water partition coefficient (Wildman–Crippen LogP) is 1.42. The van der Waals surface area contributed by atoms with Crippen molar-refractivity contribution in [2.45, 2.75) is 65.3 Å². The van der Waals surface area contributed by atoms with E-state index in [1.807, 2.05) is 0 Å². The van der Waals surface area contributed by atoms with Crippen LogP contribution in [0.15, 0.2) is 0 Å². The quantitative estimate of drug-likeness (QED) is 0.743. The average Bonchev–Trinajstić information content (AvgIpc) is 1.95. The molecule has 0 aliphatic rings. The van der Waals surface area contributed by atoms with Crippen LogP contribution in [-0.4, -0.2) is 34.9 Å². The van der Waals surface area contributed by atoms with Gasteiger partial charge in [-0.05, 0) is 34.6 Å². The lowest BCUT2D eigenvalue weighted by Gasteiger charge is -2.21. The smallest absolute Gasteiger partial charge is 0.310 e. The number of rotatable bonds is 5. The van der Waals surface area contributed by atoms with Crippen molar-refractivity contribution in [1.82, 2.24) is 0 Å². The second-order valence-electron chi connectivity index (χ2n) is 5.14. The largest absolute Gasteiger partial charge is 0.462 e. The highest BCUT2D eigenvalue weighted by atomic mass is 16.6. The van der Waals surface area contributed by atoms with Crippen molar-refractivity contribution in [1.29, 1.82) is 0 Å². The zero-order valence-electron chi connectivity index (χ0n) is 11.1. The molecule has 0 radical (unpaired) electrons. The van der Waals surface area contributed by atoms with Crippen molar-refractivity contribution in [2.24, 2.45) is 0 Å². The molecular weight excluding hydrogens is 224 g/mol. The molecule has 0 aliphatic heterocycles. The van der Waals surface area contributed by atoms with E-state index in [1.54, 1.807) is 27.7 Å². The normalized spacial score (nSPS) is 14.9. The van der Waals surface area contributed by atoms with Crippen molar-refractivity contribution < 1.29 is 24.2 Å². The summed E-state index contributed by atoms with van der Waals surface area (Å²) < 4.78 is 10.0. The van der Waals surface area contributed by atoms with Crippen LogP contribution < -0.4 is 0 Å². The van der Waals surface area contributed by atoms with Gasteiger partial charge in [0, 0.05) is 0 Å². The van der Waals surface area contributed by atoms with Gasteiger partial charge in [-0.25, -0.2) is 0 Å². The third-order valence-electron chi connectivity index (χ3n) is 1.67. The van der Waals surface area contributed by atoms with E-state index in [0.29, 0.717) is 0 Å². The maximum atomic E-state index is 11.4. The van der Waals surface area contributed by atoms with E-state index in [2.05, 4.69) is 0 Å². The molecule has 0 fully saturated rings. The van der Waals surface area contributed by atoms with E-state index < -0.39 is 29.7 Å². The summed E-state index contributed by atoms with van der Waals surface area (Å²) in [7, 11) is 0. The summed E-state index contributed by atoms with van der Waals surface area (Å²) in [5.41, 5.74) is -0.541. The van der Waals surface area contributed by atoms with Gasteiger partial charge < -0.3 is 14.6 Å². The molecule has 0 amide bonds. The van der Waals surface area contributed by atoms with Gasteiger partial charge in [0.15, 0.2) is 0 Å². The molecule has 5 nitrogen and oxygen atoms in total. The number of hydrogen-bond acceptors (Lipinski definition) is 5. The number of carbonyl (C=O) groups excluding carboxylic acids is 2. The fraction of sp³-hybridized carbons (Fsp3) is 0.833. The van der Waals surface area contributed by atoms with E-state index in [4.69, 9.17) is 14.6 Å². The minimum atomic E-state index is -0.740. The number of aliphatic hydroxyl groups excluding tert-OH is 1. The Balaban J connectivity index is 3.97. The van der Waals surface area contributed by atoms with Gasteiger partial charge in [-0.3, -0.25) is 9.59 Å². The number of carbonyl (C=O) groups is 2. The van der Waals surface area contributed by atoms with Gasteiger partial charge in [0.25, 0.3) is 0 Å². The maximum absolute atomic E-state index is 11.4. The Morgan fingerprint density at radius 2 is 1.65 bits per heavy atom. The fourth-order valence-corrected chi connectivity index (χ4v) is 1.17. The highest BCUT2D eigenvalue weighted by Gasteiger charge is 2.20. The van der Waals surface area contributed by atoms with Gasteiger partial charge in [-0.1, -0.05) is 0 Å². The molecule has 0 saturated carbocycles. The summed E-state index contributed by atoms with van der Waals surface area (Å²) in [6, 6.07) is 0. The SMILES string of the molecule is C[C@H](O)CC(=O)O[C@@H](C)CC(=O)OC(C)(C)C. The molecule has 0 aromatic heterocycles. The summed E-state index contributed by atoms with van der Waals surface area (Å²) in [6.45, 7) is 8.43.